The molecule has 2 unspecified atom stereocenters. The quantitative estimate of drug-likeness (QED) is 0.118. The number of alkyl halides is 1. The van der Waals surface area contributed by atoms with Crippen LogP contribution in [-0.2, 0) is 58.2 Å². The van der Waals surface area contributed by atoms with Gasteiger partial charge in [0.05, 0.1) is 25.9 Å². The number of imidazole rings is 2. The number of esters is 1. The van der Waals surface area contributed by atoms with Gasteiger partial charge in [0.15, 0.2) is 47.7 Å². The van der Waals surface area contributed by atoms with E-state index in [0.717, 1.165) is 6.33 Å². The Morgan fingerprint density at radius 3 is 2.16 bits per heavy atom. The maximum absolute atomic E-state index is 16.3. The van der Waals surface area contributed by atoms with Gasteiger partial charge in [-0.3, -0.25) is 27.5 Å². The van der Waals surface area contributed by atoms with Crippen LogP contribution in [0, 0.1) is 0 Å². The van der Waals surface area contributed by atoms with Gasteiger partial charge in [0, 0.05) is 20.0 Å². The molecule has 0 aliphatic carbocycles. The molecule has 316 valence electrons. The van der Waals surface area contributed by atoms with Crippen LogP contribution in [0.25, 0.3) is 22.3 Å². The number of thiol groups is 1. The summed E-state index contributed by atoms with van der Waals surface area (Å²) in [5.74, 6) is -0.677. The summed E-state index contributed by atoms with van der Waals surface area (Å²) in [6.45, 7) is -4.80. The zero-order chi connectivity index (χ0) is 41.7. The highest BCUT2D eigenvalue weighted by Crippen LogP contribution is 2.58. The molecule has 1 amide bonds. The van der Waals surface area contributed by atoms with E-state index in [1.807, 2.05) is 0 Å². The topological polar surface area (TPSA) is 288 Å². The molecule has 10 atom stereocenters. The fraction of sp³-hybridized carbons (Fsp3) is 0.600. The number of nitrogens with two attached hydrogens (primary N) is 2. The van der Waals surface area contributed by atoms with Gasteiger partial charge >= 0.3 is 25.6 Å². The summed E-state index contributed by atoms with van der Waals surface area (Å²) in [4.78, 5) is 63.3. The van der Waals surface area contributed by atoms with Crippen LogP contribution in [0.2, 0.25) is 0 Å². The van der Waals surface area contributed by atoms with E-state index in [4.69, 9.17) is 60.3 Å². The molecule has 0 aromatic carbocycles. The number of carbonyl (C=O) groups excluding carboxylic acids is 2. The number of halogens is 1. The summed E-state index contributed by atoms with van der Waals surface area (Å²) in [5.41, 5.74) is 11.9. The van der Waals surface area contributed by atoms with E-state index in [9.17, 15) is 19.0 Å². The molecule has 3 aliphatic heterocycles. The number of rotatable bonds is 7. The van der Waals surface area contributed by atoms with Crippen molar-refractivity contribution in [1.29, 1.82) is 0 Å². The fourth-order valence-electron chi connectivity index (χ4n) is 6.42. The Labute approximate surface area is 339 Å². The van der Waals surface area contributed by atoms with Crippen LogP contribution in [0.3, 0.4) is 0 Å². The number of anilines is 2. The molecule has 28 heteroatoms. The number of ether oxygens (including phenoxy) is 4. The molecule has 4 aromatic heterocycles. The van der Waals surface area contributed by atoms with Crippen molar-refractivity contribution in [3.05, 3.63) is 25.3 Å². The number of aromatic nitrogens is 8. The lowest BCUT2D eigenvalue weighted by molar-refractivity contribution is -0.158. The summed E-state index contributed by atoms with van der Waals surface area (Å²) in [6, 6.07) is 0. The average molecular weight is 892 g/mol. The molecular formula is C30H40FN11O12P2S2. The number of nitrogens with zero attached hydrogens (tertiary/aromatic N) is 9. The second-order valence-electron chi connectivity index (χ2n) is 14.4. The lowest BCUT2D eigenvalue weighted by Gasteiger charge is -2.30. The van der Waals surface area contributed by atoms with Crippen molar-refractivity contribution in [1.82, 2.24) is 43.9 Å². The molecule has 3 fully saturated rings. The van der Waals surface area contributed by atoms with Gasteiger partial charge in [0.25, 0.3) is 0 Å². The minimum Gasteiger partial charge on any atom is -0.455 e. The second-order valence-corrected chi connectivity index (χ2v) is 20.0. The molecule has 3 aliphatic rings. The SMILES string of the molecule is CN(CCCC(=O)O[C@@H]1[C@@H]2OP(O)(=S)OC[C@H]3O[C@@H](n4cnc5c(N)ncnc54)[C@H](F)[C@@H]3OP(=O)(S)OC[C@H]2O[C@H]1n1cnc2c(N)ncnc21)C(=O)OC(C)(C)C. The normalized spacial score (nSPS) is 31.9. The number of hydrogen-bond acceptors (Lipinski definition) is 20. The second kappa shape index (κ2) is 16.4. The van der Waals surface area contributed by atoms with Crippen LogP contribution in [0.1, 0.15) is 46.1 Å². The van der Waals surface area contributed by atoms with Crippen LogP contribution < -0.4 is 11.5 Å². The van der Waals surface area contributed by atoms with Gasteiger partial charge in [-0.15, -0.1) is 0 Å². The van der Waals surface area contributed by atoms with Crippen LogP contribution in [-0.4, -0.2) is 130 Å². The van der Waals surface area contributed by atoms with E-state index >= 15 is 4.39 Å². The molecular weight excluding hydrogens is 851 g/mol. The predicted molar refractivity (Wildman–Crippen MR) is 205 cm³/mol. The van der Waals surface area contributed by atoms with E-state index < -0.39 is 93.5 Å². The molecule has 7 heterocycles. The smallest absolute Gasteiger partial charge is 0.410 e. The number of carbonyl (C=O) groups is 2. The standard InChI is InChI=1S/C30H40FN11O12P2S2/c1-30(2,3)52-29(44)40(4)7-5-6-16(43)51-22-21-15(50-28(22)42-13-39-19-24(33)35-11-37-26(19)42)9-48-55(45,57)53-20-14(8-47-56(46,58)54-21)49-27(17(20)31)41-12-38-18-23(32)34-10-36-25(18)41/h10-15,17,20-22,27-28H,5-9H2,1-4H3,(H,45,57)(H,46,58)(H2,32,34,36)(H2,33,35,37)/t14-,15-,17-,20-,21-,22-,27-,28-,55?,56?/m1/s1. The highest BCUT2D eigenvalue weighted by Gasteiger charge is 2.55. The Balaban J connectivity index is 1.14. The molecule has 0 saturated carbocycles. The first-order valence-electron chi connectivity index (χ1n) is 17.6. The van der Waals surface area contributed by atoms with Crippen LogP contribution in [0.4, 0.5) is 20.8 Å². The average Bonchev–Trinajstić information content (AvgIpc) is 3.91. The Hall–Kier alpha value is -3.68. The maximum Gasteiger partial charge on any atom is 0.410 e. The van der Waals surface area contributed by atoms with E-state index in [1.54, 1.807) is 20.8 Å². The van der Waals surface area contributed by atoms with E-state index in [-0.39, 0.29) is 53.3 Å². The number of fused-ring (bicyclic) bond motifs is 4. The predicted octanol–water partition coefficient (Wildman–Crippen LogP) is 2.59. The zero-order valence-corrected chi connectivity index (χ0v) is 34.7. The van der Waals surface area contributed by atoms with Crippen molar-refractivity contribution in [2.75, 3.05) is 38.3 Å². The molecule has 0 spiro atoms. The van der Waals surface area contributed by atoms with Crippen molar-refractivity contribution in [2.45, 2.75) is 88.4 Å². The van der Waals surface area contributed by atoms with E-state index in [2.05, 4.69) is 42.2 Å². The van der Waals surface area contributed by atoms with Crippen molar-refractivity contribution < 1.29 is 60.5 Å². The van der Waals surface area contributed by atoms with Gasteiger partial charge in [-0.2, -0.15) is 0 Å². The fourth-order valence-corrected chi connectivity index (χ4v) is 9.34. The van der Waals surface area contributed by atoms with Crippen LogP contribution in [0.15, 0.2) is 25.3 Å². The van der Waals surface area contributed by atoms with Crippen LogP contribution >= 0.6 is 25.8 Å². The molecule has 0 radical (unpaired) electrons. The Morgan fingerprint density at radius 1 is 0.966 bits per heavy atom. The van der Waals surface area contributed by atoms with Gasteiger partial charge in [-0.05, 0) is 39.0 Å². The molecule has 0 bridgehead atoms. The summed E-state index contributed by atoms with van der Waals surface area (Å²) >= 11 is 9.52. The van der Waals surface area contributed by atoms with E-state index in [1.165, 1.54) is 40.1 Å². The molecule has 5 N–H and O–H groups in total. The Morgan fingerprint density at radius 2 is 1.53 bits per heavy atom. The molecule has 23 nitrogen and oxygen atoms in total. The number of hydrogen-bond donors (Lipinski definition) is 4. The Bertz CT molecular complexity index is 2290. The highest BCUT2D eigenvalue weighted by atomic mass is 32.7. The highest BCUT2D eigenvalue weighted by molar-refractivity contribution is 8.44. The van der Waals surface area contributed by atoms with Gasteiger partial charge in [0.2, 0.25) is 0 Å². The first-order chi connectivity index (χ1) is 27.3. The summed E-state index contributed by atoms with van der Waals surface area (Å²) in [6.07, 6.45) is -7.79. The van der Waals surface area contributed by atoms with Crippen molar-refractivity contribution in [2.24, 2.45) is 0 Å². The third-order valence-corrected chi connectivity index (χ3v) is 12.2. The van der Waals surface area contributed by atoms with Crippen molar-refractivity contribution in [3.63, 3.8) is 0 Å². The zero-order valence-electron chi connectivity index (χ0n) is 31.2. The monoisotopic (exact) mass is 891 g/mol. The maximum atomic E-state index is 16.3. The first kappa shape index (κ1) is 42.4. The molecule has 58 heavy (non-hydrogen) atoms. The van der Waals surface area contributed by atoms with Crippen molar-refractivity contribution in [3.8, 4) is 0 Å². The third-order valence-electron chi connectivity index (χ3n) is 9.04. The number of nitrogen functional groups attached to an aromatic ring is 2. The lowest BCUT2D eigenvalue weighted by Crippen LogP contribution is -2.40. The summed E-state index contributed by atoms with van der Waals surface area (Å²) in [5, 5.41) is 0. The summed E-state index contributed by atoms with van der Waals surface area (Å²) < 4.78 is 79.3. The Kier molecular flexibility index (Phi) is 12.0. The molecule has 3 saturated heterocycles. The van der Waals surface area contributed by atoms with E-state index in [0.29, 0.717) is 0 Å². The number of amides is 1. The molecule has 7 rings (SSSR count). The molecule has 4 aromatic rings. The van der Waals surface area contributed by atoms with Crippen molar-refractivity contribution >= 4 is 83.6 Å². The van der Waals surface area contributed by atoms with Gasteiger partial charge in [-0.25, -0.2) is 43.7 Å². The minimum absolute atomic E-state index is 0.0398. The van der Waals surface area contributed by atoms with Gasteiger partial charge in [-0.1, -0.05) is 12.2 Å². The van der Waals surface area contributed by atoms with Gasteiger partial charge in [0.1, 0.15) is 53.7 Å². The lowest BCUT2D eigenvalue weighted by atomic mass is 10.1. The minimum atomic E-state index is -4.48. The van der Waals surface area contributed by atoms with Gasteiger partial charge < -0.3 is 44.7 Å². The largest absolute Gasteiger partial charge is 0.455 e. The summed E-state index contributed by atoms with van der Waals surface area (Å²) in [7, 11) is 1.52. The third kappa shape index (κ3) is 9.06. The van der Waals surface area contributed by atoms with Crippen LogP contribution in [0.5, 0.6) is 0 Å². The first-order valence-corrected chi connectivity index (χ1v) is 22.9.